The molecule has 1 atom stereocenters. The van der Waals surface area contributed by atoms with E-state index in [9.17, 15) is 14.3 Å². The van der Waals surface area contributed by atoms with Crippen molar-refractivity contribution >= 4 is 17.3 Å². The molecule has 1 heterocycles. The molecule has 5 heteroatoms. The van der Waals surface area contributed by atoms with Gasteiger partial charge in [-0.25, -0.2) is 4.39 Å². The van der Waals surface area contributed by atoms with Crippen LogP contribution < -0.4 is 5.32 Å². The quantitative estimate of drug-likeness (QED) is 0.762. The van der Waals surface area contributed by atoms with Crippen LogP contribution in [0.5, 0.6) is 0 Å². The van der Waals surface area contributed by atoms with Crippen LogP contribution in [0.4, 0.5) is 4.39 Å². The molecule has 0 bridgehead atoms. The standard InChI is InChI=1S/C17H20FNO2S/c1-2-3-7-15(17(20)21)19-11-14-8-9-16(22-14)12-5-4-6-13(18)10-12/h4-6,8-10,15,19H,2-3,7,11H2,1H3,(H,20,21)/t15-/m0/s1. The summed E-state index contributed by atoms with van der Waals surface area (Å²) in [5, 5.41) is 12.3. The number of nitrogens with one attached hydrogen (secondary N) is 1. The first-order valence-electron chi connectivity index (χ1n) is 7.41. The number of carboxylic acids is 1. The van der Waals surface area contributed by atoms with E-state index < -0.39 is 12.0 Å². The molecule has 0 fully saturated rings. The summed E-state index contributed by atoms with van der Waals surface area (Å²) in [6.45, 7) is 2.56. The van der Waals surface area contributed by atoms with Gasteiger partial charge in [-0.05, 0) is 36.2 Å². The number of aliphatic carboxylic acids is 1. The van der Waals surface area contributed by atoms with Crippen molar-refractivity contribution < 1.29 is 14.3 Å². The van der Waals surface area contributed by atoms with E-state index in [-0.39, 0.29) is 5.82 Å². The number of carboxylic acid groups (broad SMARTS) is 1. The molecule has 0 saturated carbocycles. The molecule has 3 nitrogen and oxygen atoms in total. The maximum atomic E-state index is 13.2. The molecule has 118 valence electrons. The molecule has 0 amide bonds. The molecule has 0 aliphatic rings. The summed E-state index contributed by atoms with van der Waals surface area (Å²) in [5.74, 6) is -1.06. The second-order valence-corrected chi connectivity index (χ2v) is 6.36. The number of halogens is 1. The molecule has 0 saturated heterocycles. The summed E-state index contributed by atoms with van der Waals surface area (Å²) < 4.78 is 13.2. The monoisotopic (exact) mass is 321 g/mol. The molecule has 1 aromatic heterocycles. The third-order valence-corrected chi connectivity index (χ3v) is 4.57. The lowest BCUT2D eigenvalue weighted by Gasteiger charge is -2.13. The maximum Gasteiger partial charge on any atom is 0.320 e. The summed E-state index contributed by atoms with van der Waals surface area (Å²) in [5.41, 5.74) is 0.844. The fraction of sp³-hybridized carbons (Fsp3) is 0.353. The largest absolute Gasteiger partial charge is 0.480 e. The van der Waals surface area contributed by atoms with E-state index in [1.807, 2.05) is 25.1 Å². The van der Waals surface area contributed by atoms with Crippen LogP contribution >= 0.6 is 11.3 Å². The molecule has 22 heavy (non-hydrogen) atoms. The summed E-state index contributed by atoms with van der Waals surface area (Å²) in [6.07, 6.45) is 2.51. The lowest BCUT2D eigenvalue weighted by molar-refractivity contribution is -0.139. The van der Waals surface area contributed by atoms with Gasteiger partial charge in [-0.15, -0.1) is 11.3 Å². The zero-order valence-electron chi connectivity index (χ0n) is 12.5. The first-order chi connectivity index (χ1) is 10.6. The highest BCUT2D eigenvalue weighted by molar-refractivity contribution is 7.15. The summed E-state index contributed by atoms with van der Waals surface area (Å²) in [4.78, 5) is 13.2. The van der Waals surface area contributed by atoms with Gasteiger partial charge >= 0.3 is 5.97 Å². The van der Waals surface area contributed by atoms with Crippen molar-refractivity contribution in [2.45, 2.75) is 38.8 Å². The zero-order valence-corrected chi connectivity index (χ0v) is 13.3. The minimum Gasteiger partial charge on any atom is -0.480 e. The Bertz CT molecular complexity index is 627. The van der Waals surface area contributed by atoms with Gasteiger partial charge in [0, 0.05) is 16.3 Å². The van der Waals surface area contributed by atoms with Gasteiger partial charge in [-0.1, -0.05) is 31.9 Å². The van der Waals surface area contributed by atoms with Crippen LogP contribution in [0.1, 0.15) is 31.1 Å². The molecule has 0 aliphatic heterocycles. The minimum atomic E-state index is -0.810. The van der Waals surface area contributed by atoms with Crippen molar-refractivity contribution in [1.82, 2.24) is 5.32 Å². The van der Waals surface area contributed by atoms with Crippen molar-refractivity contribution in [3.8, 4) is 10.4 Å². The lowest BCUT2D eigenvalue weighted by atomic mass is 10.1. The number of carbonyl (C=O) groups is 1. The molecular weight excluding hydrogens is 301 g/mol. The normalized spacial score (nSPS) is 12.3. The third-order valence-electron chi connectivity index (χ3n) is 3.44. The fourth-order valence-corrected chi connectivity index (χ4v) is 3.17. The first kappa shape index (κ1) is 16.6. The molecule has 0 spiro atoms. The Morgan fingerprint density at radius 1 is 1.36 bits per heavy atom. The maximum absolute atomic E-state index is 13.2. The van der Waals surface area contributed by atoms with E-state index in [1.54, 1.807) is 17.4 Å². The Hall–Kier alpha value is -1.72. The van der Waals surface area contributed by atoms with Crippen LogP contribution in [0.3, 0.4) is 0 Å². The Balaban J connectivity index is 1.98. The molecule has 0 unspecified atom stereocenters. The number of unbranched alkanes of at least 4 members (excludes halogenated alkanes) is 1. The number of benzene rings is 1. The number of hydrogen-bond donors (Lipinski definition) is 2. The highest BCUT2D eigenvalue weighted by atomic mass is 32.1. The van der Waals surface area contributed by atoms with Gasteiger partial charge in [0.25, 0.3) is 0 Å². The molecule has 2 N–H and O–H groups in total. The summed E-state index contributed by atoms with van der Waals surface area (Å²) in [7, 11) is 0. The molecular formula is C17H20FNO2S. The van der Waals surface area contributed by atoms with E-state index >= 15 is 0 Å². The predicted octanol–water partition coefficient (Wildman–Crippen LogP) is 4.29. The number of rotatable bonds is 8. The van der Waals surface area contributed by atoms with Gasteiger partial charge in [0.15, 0.2) is 0 Å². The van der Waals surface area contributed by atoms with Crippen LogP contribution in [0.2, 0.25) is 0 Å². The second kappa shape index (κ2) is 8.06. The van der Waals surface area contributed by atoms with Crippen LogP contribution in [-0.4, -0.2) is 17.1 Å². The Kier molecular flexibility index (Phi) is 6.10. The highest BCUT2D eigenvalue weighted by Crippen LogP contribution is 2.28. The number of thiophene rings is 1. The first-order valence-corrected chi connectivity index (χ1v) is 8.22. The highest BCUT2D eigenvalue weighted by Gasteiger charge is 2.16. The number of hydrogen-bond acceptors (Lipinski definition) is 3. The van der Waals surface area contributed by atoms with Gasteiger partial charge in [0.2, 0.25) is 0 Å². The minimum absolute atomic E-state index is 0.254. The van der Waals surface area contributed by atoms with Crippen molar-refractivity contribution in [2.75, 3.05) is 0 Å². The SMILES string of the molecule is CCCC[C@H](NCc1ccc(-c2cccc(F)c2)s1)C(=O)O. The predicted molar refractivity (Wildman–Crippen MR) is 87.5 cm³/mol. The van der Waals surface area contributed by atoms with Crippen molar-refractivity contribution in [1.29, 1.82) is 0 Å². The smallest absolute Gasteiger partial charge is 0.320 e. The van der Waals surface area contributed by atoms with E-state index in [2.05, 4.69) is 5.32 Å². The zero-order chi connectivity index (χ0) is 15.9. The third kappa shape index (κ3) is 4.64. The van der Waals surface area contributed by atoms with Crippen LogP contribution in [0, 0.1) is 5.82 Å². The second-order valence-electron chi connectivity index (χ2n) is 5.19. The Morgan fingerprint density at radius 2 is 2.18 bits per heavy atom. The van der Waals surface area contributed by atoms with Gasteiger partial charge in [-0.2, -0.15) is 0 Å². The average molecular weight is 321 g/mol. The molecule has 1 aromatic carbocycles. The summed E-state index contributed by atoms with van der Waals surface area (Å²) in [6, 6.07) is 9.87. The van der Waals surface area contributed by atoms with Gasteiger partial charge in [-0.3, -0.25) is 10.1 Å². The van der Waals surface area contributed by atoms with E-state index in [4.69, 9.17) is 0 Å². The molecule has 2 rings (SSSR count). The van der Waals surface area contributed by atoms with Crippen molar-refractivity contribution in [2.24, 2.45) is 0 Å². The van der Waals surface area contributed by atoms with E-state index in [0.717, 1.165) is 28.2 Å². The molecule has 0 aliphatic carbocycles. The van der Waals surface area contributed by atoms with Gasteiger partial charge < -0.3 is 5.11 Å². The van der Waals surface area contributed by atoms with E-state index in [1.165, 1.54) is 12.1 Å². The van der Waals surface area contributed by atoms with Crippen LogP contribution in [0.15, 0.2) is 36.4 Å². The van der Waals surface area contributed by atoms with Crippen LogP contribution in [-0.2, 0) is 11.3 Å². The Labute approximate surface area is 133 Å². The van der Waals surface area contributed by atoms with Crippen molar-refractivity contribution in [3.63, 3.8) is 0 Å². The van der Waals surface area contributed by atoms with E-state index in [0.29, 0.717) is 13.0 Å². The Morgan fingerprint density at radius 3 is 2.86 bits per heavy atom. The topological polar surface area (TPSA) is 49.3 Å². The lowest BCUT2D eigenvalue weighted by Crippen LogP contribution is -2.35. The van der Waals surface area contributed by atoms with Crippen molar-refractivity contribution in [3.05, 3.63) is 47.1 Å². The average Bonchev–Trinajstić information content (AvgIpc) is 2.96. The van der Waals surface area contributed by atoms with Crippen LogP contribution in [0.25, 0.3) is 10.4 Å². The fourth-order valence-electron chi connectivity index (χ4n) is 2.21. The summed E-state index contributed by atoms with van der Waals surface area (Å²) >= 11 is 1.55. The van der Waals surface area contributed by atoms with Gasteiger partial charge in [0.05, 0.1) is 0 Å². The van der Waals surface area contributed by atoms with Gasteiger partial charge in [0.1, 0.15) is 11.9 Å². The molecule has 2 aromatic rings. The molecule has 0 radical (unpaired) electrons.